The van der Waals surface area contributed by atoms with Gasteiger partial charge in [0.25, 0.3) is 0 Å². The summed E-state index contributed by atoms with van der Waals surface area (Å²) in [7, 11) is 0. The van der Waals surface area contributed by atoms with Crippen LogP contribution in [0.1, 0.15) is 24.5 Å². The highest BCUT2D eigenvalue weighted by atomic mass is 16.4. The molecule has 4 nitrogen and oxygen atoms in total. The van der Waals surface area contributed by atoms with E-state index in [0.29, 0.717) is 13.0 Å². The molecule has 2 atom stereocenters. The second-order valence-electron chi connectivity index (χ2n) is 4.09. The Labute approximate surface area is 107 Å². The van der Waals surface area contributed by atoms with Gasteiger partial charge in [0.2, 0.25) is 0 Å². The molecule has 4 heteroatoms. The van der Waals surface area contributed by atoms with Gasteiger partial charge in [-0.1, -0.05) is 36.4 Å². The van der Waals surface area contributed by atoms with Gasteiger partial charge in [-0.25, -0.2) is 0 Å². The number of carboxylic acids is 1. The standard InChI is InChI=1S/C14H19NO3/c1-2-10-15-12(8-9-13(16)17)14(18)11-6-4-3-5-7-11/h2-7,12,14-15,18H,1,8-10H2,(H,16,17). The number of aliphatic hydroxyl groups excluding tert-OH is 1. The van der Waals surface area contributed by atoms with Crippen LogP contribution >= 0.6 is 0 Å². The molecule has 2 unspecified atom stereocenters. The van der Waals surface area contributed by atoms with E-state index in [-0.39, 0.29) is 12.5 Å². The minimum absolute atomic E-state index is 0.0265. The molecule has 0 aliphatic rings. The molecule has 98 valence electrons. The van der Waals surface area contributed by atoms with Crippen LogP contribution in [0.25, 0.3) is 0 Å². The fraction of sp³-hybridized carbons (Fsp3) is 0.357. The van der Waals surface area contributed by atoms with E-state index in [0.717, 1.165) is 5.56 Å². The summed E-state index contributed by atoms with van der Waals surface area (Å²) in [6, 6.07) is 8.93. The molecule has 18 heavy (non-hydrogen) atoms. The molecule has 0 saturated heterocycles. The zero-order valence-electron chi connectivity index (χ0n) is 10.2. The Kier molecular flexibility index (Phi) is 6.11. The second-order valence-corrected chi connectivity index (χ2v) is 4.09. The van der Waals surface area contributed by atoms with Crippen molar-refractivity contribution >= 4 is 5.97 Å². The number of hydrogen-bond donors (Lipinski definition) is 3. The molecule has 1 rings (SSSR count). The van der Waals surface area contributed by atoms with Gasteiger partial charge < -0.3 is 15.5 Å². The van der Waals surface area contributed by atoms with Crippen molar-refractivity contribution in [2.45, 2.75) is 25.0 Å². The molecular formula is C14H19NO3. The van der Waals surface area contributed by atoms with Gasteiger partial charge in [-0.15, -0.1) is 6.58 Å². The summed E-state index contributed by atoms with van der Waals surface area (Å²) in [6.07, 6.45) is 1.37. The highest BCUT2D eigenvalue weighted by Gasteiger charge is 2.20. The van der Waals surface area contributed by atoms with E-state index in [1.54, 1.807) is 6.08 Å². The van der Waals surface area contributed by atoms with Crippen LogP contribution in [0.3, 0.4) is 0 Å². The van der Waals surface area contributed by atoms with E-state index >= 15 is 0 Å². The lowest BCUT2D eigenvalue weighted by Gasteiger charge is -2.23. The molecule has 0 fully saturated rings. The van der Waals surface area contributed by atoms with Crippen molar-refractivity contribution in [1.82, 2.24) is 5.32 Å². The number of benzene rings is 1. The van der Waals surface area contributed by atoms with E-state index in [1.165, 1.54) is 0 Å². The number of hydrogen-bond acceptors (Lipinski definition) is 3. The summed E-state index contributed by atoms with van der Waals surface area (Å²) in [5.41, 5.74) is 0.782. The van der Waals surface area contributed by atoms with E-state index in [9.17, 15) is 9.90 Å². The minimum atomic E-state index is -0.860. The number of carbonyl (C=O) groups is 1. The Morgan fingerprint density at radius 1 is 1.39 bits per heavy atom. The van der Waals surface area contributed by atoms with Crippen LogP contribution in [0, 0.1) is 0 Å². The van der Waals surface area contributed by atoms with Crippen molar-refractivity contribution < 1.29 is 15.0 Å². The number of nitrogens with one attached hydrogen (secondary N) is 1. The van der Waals surface area contributed by atoms with Crippen molar-refractivity contribution in [3.8, 4) is 0 Å². The van der Waals surface area contributed by atoms with Crippen molar-refractivity contribution in [3.63, 3.8) is 0 Å². The number of carboxylic acid groups (broad SMARTS) is 1. The molecule has 0 radical (unpaired) electrons. The average molecular weight is 249 g/mol. The smallest absolute Gasteiger partial charge is 0.303 e. The Hall–Kier alpha value is -1.65. The van der Waals surface area contributed by atoms with E-state index < -0.39 is 12.1 Å². The van der Waals surface area contributed by atoms with Crippen LogP contribution in [0.5, 0.6) is 0 Å². The summed E-state index contributed by atoms with van der Waals surface area (Å²) in [5, 5.41) is 22.0. The molecule has 1 aromatic rings. The topological polar surface area (TPSA) is 69.6 Å². The van der Waals surface area contributed by atoms with E-state index in [2.05, 4.69) is 11.9 Å². The average Bonchev–Trinajstić information content (AvgIpc) is 2.39. The first-order chi connectivity index (χ1) is 8.65. The third-order valence-electron chi connectivity index (χ3n) is 2.72. The largest absolute Gasteiger partial charge is 0.481 e. The lowest BCUT2D eigenvalue weighted by atomic mass is 9.98. The fourth-order valence-corrected chi connectivity index (χ4v) is 1.77. The monoisotopic (exact) mass is 249 g/mol. The molecule has 0 heterocycles. The summed E-state index contributed by atoms with van der Waals surface area (Å²) < 4.78 is 0. The van der Waals surface area contributed by atoms with Crippen LogP contribution in [0.2, 0.25) is 0 Å². The SMILES string of the molecule is C=CCNC(CCC(=O)O)C(O)c1ccccc1. The molecule has 0 aliphatic carbocycles. The predicted octanol–water partition coefficient (Wildman–Crippen LogP) is 1.73. The predicted molar refractivity (Wildman–Crippen MR) is 70.3 cm³/mol. The highest BCUT2D eigenvalue weighted by molar-refractivity contribution is 5.66. The second kappa shape index (κ2) is 7.63. The van der Waals surface area contributed by atoms with Gasteiger partial charge in [0, 0.05) is 19.0 Å². The Bertz CT molecular complexity index is 378. The maximum absolute atomic E-state index is 10.6. The number of aliphatic hydroxyl groups is 1. The number of rotatable bonds is 8. The normalized spacial score (nSPS) is 13.8. The first-order valence-electron chi connectivity index (χ1n) is 5.94. The first-order valence-corrected chi connectivity index (χ1v) is 5.94. The van der Waals surface area contributed by atoms with Crippen molar-refractivity contribution in [2.24, 2.45) is 0 Å². The summed E-state index contributed by atoms with van der Waals surface area (Å²) in [6.45, 7) is 4.14. The molecule has 0 amide bonds. The summed E-state index contributed by atoms with van der Waals surface area (Å²) in [4.78, 5) is 10.6. The summed E-state index contributed by atoms with van der Waals surface area (Å²) >= 11 is 0. The Morgan fingerprint density at radius 2 is 2.06 bits per heavy atom. The van der Waals surface area contributed by atoms with Gasteiger partial charge in [0.15, 0.2) is 0 Å². The van der Waals surface area contributed by atoms with Crippen LogP contribution in [0.15, 0.2) is 43.0 Å². The Balaban J connectivity index is 2.68. The molecule has 3 N–H and O–H groups in total. The number of aliphatic carboxylic acids is 1. The minimum Gasteiger partial charge on any atom is -0.481 e. The highest BCUT2D eigenvalue weighted by Crippen LogP contribution is 2.19. The third-order valence-corrected chi connectivity index (χ3v) is 2.72. The van der Waals surface area contributed by atoms with Gasteiger partial charge in [0.05, 0.1) is 6.10 Å². The zero-order chi connectivity index (χ0) is 13.4. The molecule has 1 aromatic carbocycles. The van der Waals surface area contributed by atoms with Gasteiger partial charge >= 0.3 is 5.97 Å². The lowest BCUT2D eigenvalue weighted by molar-refractivity contribution is -0.137. The van der Waals surface area contributed by atoms with Crippen LogP contribution in [-0.2, 0) is 4.79 Å². The van der Waals surface area contributed by atoms with Crippen LogP contribution < -0.4 is 5.32 Å². The first kappa shape index (κ1) is 14.4. The van der Waals surface area contributed by atoms with Crippen LogP contribution in [-0.4, -0.2) is 28.8 Å². The van der Waals surface area contributed by atoms with Gasteiger partial charge in [-0.2, -0.15) is 0 Å². The molecular weight excluding hydrogens is 230 g/mol. The lowest BCUT2D eigenvalue weighted by Crippen LogP contribution is -2.35. The molecule has 0 spiro atoms. The van der Waals surface area contributed by atoms with E-state index in [1.807, 2.05) is 30.3 Å². The van der Waals surface area contributed by atoms with E-state index in [4.69, 9.17) is 5.11 Å². The van der Waals surface area contributed by atoms with Gasteiger partial charge in [0.1, 0.15) is 0 Å². The van der Waals surface area contributed by atoms with Gasteiger partial charge in [-0.3, -0.25) is 4.79 Å². The fourth-order valence-electron chi connectivity index (χ4n) is 1.77. The molecule has 0 aliphatic heterocycles. The van der Waals surface area contributed by atoms with Crippen molar-refractivity contribution in [2.75, 3.05) is 6.54 Å². The van der Waals surface area contributed by atoms with Gasteiger partial charge in [-0.05, 0) is 12.0 Å². The zero-order valence-corrected chi connectivity index (χ0v) is 10.2. The summed E-state index contributed by atoms with van der Waals surface area (Å²) in [5.74, 6) is -0.860. The third kappa shape index (κ3) is 4.69. The Morgan fingerprint density at radius 3 is 2.61 bits per heavy atom. The van der Waals surface area contributed by atoms with Crippen LogP contribution in [0.4, 0.5) is 0 Å². The quantitative estimate of drug-likeness (QED) is 0.614. The van der Waals surface area contributed by atoms with Crippen molar-refractivity contribution in [1.29, 1.82) is 0 Å². The molecule has 0 bridgehead atoms. The van der Waals surface area contributed by atoms with Crippen molar-refractivity contribution in [3.05, 3.63) is 48.6 Å². The molecule has 0 saturated carbocycles. The maximum Gasteiger partial charge on any atom is 0.303 e. The molecule has 0 aromatic heterocycles. The maximum atomic E-state index is 10.6.